The Labute approximate surface area is 158 Å². The number of halogens is 4. The van der Waals surface area contributed by atoms with Gasteiger partial charge in [0.05, 0.1) is 10.0 Å². The Morgan fingerprint density at radius 1 is 0.625 bits per heavy atom. The second kappa shape index (κ2) is 6.26. The first-order valence-electron chi connectivity index (χ1n) is 7.14. The van der Waals surface area contributed by atoms with Gasteiger partial charge in [-0.25, -0.2) is 0 Å². The molecule has 1 heterocycles. The van der Waals surface area contributed by atoms with Crippen LogP contribution in [-0.4, -0.2) is 10.2 Å². The quantitative estimate of drug-likeness (QED) is 0.279. The van der Waals surface area contributed by atoms with Gasteiger partial charge in [0.1, 0.15) is 10.0 Å². The minimum absolute atomic E-state index is 0.0471. The van der Waals surface area contributed by atoms with E-state index in [1.165, 1.54) is 0 Å². The molecule has 0 aromatic heterocycles. The second-order valence-electron chi connectivity index (χ2n) is 5.14. The third-order valence-electron chi connectivity index (χ3n) is 3.85. The van der Waals surface area contributed by atoms with Gasteiger partial charge in [-0.15, -0.1) is 0 Å². The predicted octanol–water partition coefficient (Wildman–Crippen LogP) is 6.73. The van der Waals surface area contributed by atoms with Crippen LogP contribution in [-0.2, 0) is 12.8 Å². The van der Waals surface area contributed by atoms with Crippen molar-refractivity contribution in [1.82, 2.24) is 0 Å². The Morgan fingerprint density at radius 2 is 0.958 bits per heavy atom. The van der Waals surface area contributed by atoms with Crippen molar-refractivity contribution in [3.63, 3.8) is 0 Å². The van der Waals surface area contributed by atoms with Crippen molar-refractivity contribution in [2.75, 3.05) is 0 Å². The minimum Gasteiger partial charge on any atom is -0.504 e. The summed E-state index contributed by atoms with van der Waals surface area (Å²) in [4.78, 5) is 0. The van der Waals surface area contributed by atoms with Crippen molar-refractivity contribution in [1.29, 1.82) is 0 Å². The van der Waals surface area contributed by atoms with E-state index in [2.05, 4.69) is 0 Å². The maximum absolute atomic E-state index is 10.2. The maximum Gasteiger partial charge on any atom is 0.191 e. The highest BCUT2D eigenvalue weighted by Gasteiger charge is 2.34. The molecule has 2 aromatic carbocycles. The van der Waals surface area contributed by atoms with E-state index in [9.17, 15) is 10.2 Å². The summed E-state index contributed by atoms with van der Waals surface area (Å²) in [6.07, 6.45) is 0.800. The minimum atomic E-state index is -0.248. The lowest BCUT2D eigenvalue weighted by molar-refractivity contribution is 0.336. The van der Waals surface area contributed by atoms with Gasteiger partial charge in [-0.05, 0) is 12.8 Å². The van der Waals surface area contributed by atoms with Crippen LogP contribution in [0.4, 0.5) is 0 Å². The zero-order valence-corrected chi connectivity index (χ0v) is 15.7. The third-order valence-corrected chi connectivity index (χ3v) is 5.62. The Morgan fingerprint density at radius 3 is 1.25 bits per heavy atom. The van der Waals surface area contributed by atoms with Gasteiger partial charge >= 0.3 is 0 Å². The number of hydrogen-bond donors (Lipinski definition) is 2. The van der Waals surface area contributed by atoms with Crippen LogP contribution < -0.4 is 9.47 Å². The van der Waals surface area contributed by atoms with E-state index in [0.29, 0.717) is 24.0 Å². The van der Waals surface area contributed by atoms with Crippen LogP contribution in [0.15, 0.2) is 0 Å². The average Bonchev–Trinajstić information content (AvgIpc) is 2.58. The molecule has 0 atom stereocenters. The normalized spacial score (nSPS) is 12.2. The SMILES string of the molecule is CCc1c(O)c(O)c(CC)c2c1Oc1c(Cl)c(Cl)c(Cl)c(Cl)c1O2. The molecule has 2 aromatic rings. The largest absolute Gasteiger partial charge is 0.504 e. The first kappa shape index (κ1) is 17.6. The molecule has 0 spiro atoms. The Kier molecular flexibility index (Phi) is 4.60. The Balaban J connectivity index is 2.34. The molecule has 1 aliphatic rings. The number of benzene rings is 2. The maximum atomic E-state index is 10.2. The molecule has 3 rings (SSSR count). The molecule has 0 bridgehead atoms. The molecule has 128 valence electrons. The first-order chi connectivity index (χ1) is 11.3. The van der Waals surface area contributed by atoms with Gasteiger partial charge in [-0.3, -0.25) is 0 Å². The summed E-state index contributed by atoms with van der Waals surface area (Å²) in [7, 11) is 0. The van der Waals surface area contributed by atoms with Gasteiger partial charge in [0.2, 0.25) is 0 Å². The molecule has 0 saturated heterocycles. The van der Waals surface area contributed by atoms with Gasteiger partial charge in [-0.1, -0.05) is 60.3 Å². The lowest BCUT2D eigenvalue weighted by atomic mass is 10.0. The van der Waals surface area contributed by atoms with Crippen molar-refractivity contribution in [3.05, 3.63) is 31.2 Å². The molecule has 0 radical (unpaired) electrons. The van der Waals surface area contributed by atoms with Crippen LogP contribution in [0.3, 0.4) is 0 Å². The number of aromatic hydroxyl groups is 2. The van der Waals surface area contributed by atoms with Crippen molar-refractivity contribution in [3.8, 4) is 34.5 Å². The summed E-state index contributed by atoms with van der Waals surface area (Å²) < 4.78 is 11.7. The highest BCUT2D eigenvalue weighted by atomic mass is 35.5. The lowest BCUT2D eigenvalue weighted by Gasteiger charge is -2.27. The van der Waals surface area contributed by atoms with E-state index < -0.39 is 0 Å². The van der Waals surface area contributed by atoms with E-state index >= 15 is 0 Å². The van der Waals surface area contributed by atoms with Gasteiger partial charge in [-0.2, -0.15) is 0 Å². The van der Waals surface area contributed by atoms with Crippen LogP contribution in [0.2, 0.25) is 20.1 Å². The van der Waals surface area contributed by atoms with Crippen LogP contribution in [0.5, 0.6) is 34.5 Å². The monoisotopic (exact) mass is 408 g/mol. The molecule has 0 aliphatic carbocycles. The molecule has 2 N–H and O–H groups in total. The van der Waals surface area contributed by atoms with Gasteiger partial charge in [0, 0.05) is 11.1 Å². The van der Waals surface area contributed by atoms with Crippen LogP contribution in [0.1, 0.15) is 25.0 Å². The number of hydrogen-bond acceptors (Lipinski definition) is 4. The highest BCUT2D eigenvalue weighted by Crippen LogP contribution is 2.60. The molecular weight excluding hydrogens is 398 g/mol. The zero-order chi connectivity index (χ0) is 17.8. The second-order valence-corrected chi connectivity index (χ2v) is 6.65. The predicted molar refractivity (Wildman–Crippen MR) is 95.2 cm³/mol. The van der Waals surface area contributed by atoms with Crippen LogP contribution >= 0.6 is 46.4 Å². The lowest BCUT2D eigenvalue weighted by Crippen LogP contribution is -2.06. The van der Waals surface area contributed by atoms with Gasteiger partial charge in [0.15, 0.2) is 34.5 Å². The van der Waals surface area contributed by atoms with Gasteiger partial charge in [0.25, 0.3) is 0 Å². The Bertz CT molecular complexity index is 795. The smallest absolute Gasteiger partial charge is 0.191 e. The zero-order valence-electron chi connectivity index (χ0n) is 12.6. The van der Waals surface area contributed by atoms with Crippen molar-refractivity contribution >= 4 is 46.4 Å². The van der Waals surface area contributed by atoms with Crippen LogP contribution in [0, 0.1) is 0 Å². The highest BCUT2D eigenvalue weighted by molar-refractivity contribution is 6.53. The van der Waals surface area contributed by atoms with Crippen molar-refractivity contribution < 1.29 is 19.7 Å². The van der Waals surface area contributed by atoms with E-state index in [1.54, 1.807) is 0 Å². The average molecular weight is 410 g/mol. The molecule has 0 unspecified atom stereocenters. The van der Waals surface area contributed by atoms with E-state index in [4.69, 9.17) is 55.9 Å². The number of ether oxygens (including phenoxy) is 2. The number of rotatable bonds is 2. The van der Waals surface area contributed by atoms with E-state index in [-0.39, 0.29) is 54.6 Å². The molecule has 0 fully saturated rings. The number of fused-ring (bicyclic) bond motifs is 2. The first-order valence-corrected chi connectivity index (χ1v) is 8.65. The van der Waals surface area contributed by atoms with Crippen molar-refractivity contribution in [2.24, 2.45) is 0 Å². The topological polar surface area (TPSA) is 58.9 Å². The molecule has 4 nitrogen and oxygen atoms in total. The van der Waals surface area contributed by atoms with Gasteiger partial charge < -0.3 is 19.7 Å². The number of phenolic OH excluding ortho intramolecular Hbond substituents is 2. The van der Waals surface area contributed by atoms with E-state index in [0.717, 1.165) is 0 Å². The fraction of sp³-hybridized carbons (Fsp3) is 0.250. The van der Waals surface area contributed by atoms with E-state index in [1.807, 2.05) is 13.8 Å². The fourth-order valence-electron chi connectivity index (χ4n) is 2.62. The summed E-state index contributed by atoms with van der Waals surface area (Å²) in [5, 5.41) is 20.7. The molecular formula is C16H12Cl4O4. The fourth-order valence-corrected chi connectivity index (χ4v) is 3.52. The molecule has 1 aliphatic heterocycles. The Hall–Kier alpha value is -1.20. The molecule has 0 saturated carbocycles. The summed E-state index contributed by atoms with van der Waals surface area (Å²) in [5.74, 6) is 0.280. The van der Waals surface area contributed by atoms with Crippen LogP contribution in [0.25, 0.3) is 0 Å². The summed E-state index contributed by atoms with van der Waals surface area (Å²) >= 11 is 24.5. The molecule has 8 heteroatoms. The summed E-state index contributed by atoms with van der Waals surface area (Å²) in [5.41, 5.74) is 0.784. The molecule has 24 heavy (non-hydrogen) atoms. The van der Waals surface area contributed by atoms with Crippen molar-refractivity contribution in [2.45, 2.75) is 26.7 Å². The summed E-state index contributed by atoms with van der Waals surface area (Å²) in [6, 6.07) is 0. The standard InChI is InChI=1S/C16H12Cl4O4/c1-3-5-11(21)12(22)6(4-2)14-13(5)23-15-9(19)7(17)8(18)10(20)16(15)24-14/h21-22H,3-4H2,1-2H3. The summed E-state index contributed by atoms with van der Waals surface area (Å²) in [6.45, 7) is 3.62. The molecule has 0 amide bonds. The third kappa shape index (κ3) is 2.36. The number of phenols is 2.